The number of rotatable bonds is 6. The Kier molecular flexibility index (Phi) is 5.53. The standard InChI is InChI=1S/C29H30N2O2/c1-3-9-27-24(7-1)25-15-19-33-28-10-4-2-8-26(28)29(25)31(27)21-22-11-13-23(14-12-22)32-20-18-30-16-5-6-17-30/h1-4,7-14H,5-6,15-21H2. The molecule has 4 heteroatoms. The van der Waals surface area contributed by atoms with Gasteiger partial charge in [-0.1, -0.05) is 42.5 Å². The van der Waals surface area contributed by atoms with Gasteiger partial charge in [-0.25, -0.2) is 0 Å². The second-order valence-corrected chi connectivity index (χ2v) is 9.07. The highest BCUT2D eigenvalue weighted by atomic mass is 16.5. The molecule has 1 saturated heterocycles. The lowest BCUT2D eigenvalue weighted by Gasteiger charge is -2.16. The van der Waals surface area contributed by atoms with Crippen molar-refractivity contribution < 1.29 is 9.47 Å². The minimum Gasteiger partial charge on any atom is -0.493 e. The van der Waals surface area contributed by atoms with E-state index in [-0.39, 0.29) is 0 Å². The van der Waals surface area contributed by atoms with Gasteiger partial charge in [-0.15, -0.1) is 0 Å². The predicted octanol–water partition coefficient (Wildman–Crippen LogP) is 5.77. The van der Waals surface area contributed by atoms with Gasteiger partial charge >= 0.3 is 0 Å². The molecule has 0 saturated carbocycles. The van der Waals surface area contributed by atoms with E-state index in [0.29, 0.717) is 6.61 Å². The van der Waals surface area contributed by atoms with Crippen molar-refractivity contribution in [1.82, 2.24) is 9.47 Å². The Hall–Kier alpha value is -3.24. The summed E-state index contributed by atoms with van der Waals surface area (Å²) >= 11 is 0. The molecule has 0 unspecified atom stereocenters. The third-order valence-corrected chi connectivity index (χ3v) is 6.97. The summed E-state index contributed by atoms with van der Waals surface area (Å²) in [6, 6.07) is 25.8. The molecule has 0 spiro atoms. The zero-order chi connectivity index (χ0) is 22.0. The molecule has 0 amide bonds. The third-order valence-electron chi connectivity index (χ3n) is 6.97. The molecule has 3 heterocycles. The quantitative estimate of drug-likeness (QED) is 0.383. The summed E-state index contributed by atoms with van der Waals surface area (Å²) in [6.07, 6.45) is 3.56. The highest BCUT2D eigenvalue weighted by molar-refractivity contribution is 5.93. The Balaban J connectivity index is 1.29. The van der Waals surface area contributed by atoms with Gasteiger partial charge in [0, 0.05) is 36.0 Å². The van der Waals surface area contributed by atoms with E-state index < -0.39 is 0 Å². The number of para-hydroxylation sites is 2. The molecular formula is C29H30N2O2. The number of nitrogens with zero attached hydrogens (tertiary/aromatic N) is 2. The van der Waals surface area contributed by atoms with E-state index in [4.69, 9.17) is 9.47 Å². The topological polar surface area (TPSA) is 26.6 Å². The van der Waals surface area contributed by atoms with Crippen LogP contribution >= 0.6 is 0 Å². The largest absolute Gasteiger partial charge is 0.493 e. The minimum atomic E-state index is 0.710. The van der Waals surface area contributed by atoms with Gasteiger partial charge in [-0.05, 0) is 67.4 Å². The second kappa shape index (κ2) is 8.95. The Morgan fingerprint density at radius 1 is 0.848 bits per heavy atom. The van der Waals surface area contributed by atoms with Gasteiger partial charge < -0.3 is 14.0 Å². The Morgan fingerprint density at radius 2 is 1.64 bits per heavy atom. The summed E-state index contributed by atoms with van der Waals surface area (Å²) in [6.45, 7) is 5.73. The van der Waals surface area contributed by atoms with E-state index in [2.05, 4.69) is 82.3 Å². The SMILES string of the molecule is c1ccc2c(c1)OCCc1c-2n(Cc2ccc(OCCN3CCCC3)cc2)c2ccccc12. The molecule has 2 aliphatic rings. The molecule has 4 nitrogen and oxygen atoms in total. The van der Waals surface area contributed by atoms with Crippen molar-refractivity contribution in [2.75, 3.05) is 32.8 Å². The number of ether oxygens (including phenoxy) is 2. The number of hydrogen-bond donors (Lipinski definition) is 0. The summed E-state index contributed by atoms with van der Waals surface area (Å²) in [5.41, 5.74) is 6.41. The van der Waals surface area contributed by atoms with E-state index >= 15 is 0 Å². The van der Waals surface area contributed by atoms with Gasteiger partial charge in [-0.2, -0.15) is 0 Å². The Bertz CT molecular complexity index is 1250. The summed E-state index contributed by atoms with van der Waals surface area (Å²) < 4.78 is 14.6. The molecule has 33 heavy (non-hydrogen) atoms. The first kappa shape index (κ1) is 20.4. The van der Waals surface area contributed by atoms with Gasteiger partial charge in [0.2, 0.25) is 0 Å². The van der Waals surface area contributed by atoms with Crippen LogP contribution in [0.4, 0.5) is 0 Å². The maximum absolute atomic E-state index is 6.10. The van der Waals surface area contributed by atoms with Crippen LogP contribution in [0.3, 0.4) is 0 Å². The lowest BCUT2D eigenvalue weighted by atomic mass is 10.0. The fourth-order valence-corrected chi connectivity index (χ4v) is 5.32. The van der Waals surface area contributed by atoms with Crippen molar-refractivity contribution in [2.24, 2.45) is 0 Å². The van der Waals surface area contributed by atoms with Gasteiger partial charge in [-0.3, -0.25) is 4.90 Å². The number of fused-ring (bicyclic) bond motifs is 5. The van der Waals surface area contributed by atoms with Crippen LogP contribution in [0, 0.1) is 0 Å². The maximum atomic E-state index is 6.10. The van der Waals surface area contributed by atoms with Crippen molar-refractivity contribution in [3.05, 3.63) is 83.9 Å². The number of aromatic nitrogens is 1. The van der Waals surface area contributed by atoms with Crippen LogP contribution in [0.2, 0.25) is 0 Å². The summed E-state index contributed by atoms with van der Waals surface area (Å²) in [5.74, 6) is 1.93. The van der Waals surface area contributed by atoms with Gasteiger partial charge in [0.15, 0.2) is 0 Å². The molecule has 0 atom stereocenters. The van der Waals surface area contributed by atoms with Crippen molar-refractivity contribution >= 4 is 10.9 Å². The monoisotopic (exact) mass is 438 g/mol. The van der Waals surface area contributed by atoms with Crippen molar-refractivity contribution in [2.45, 2.75) is 25.8 Å². The molecule has 2 aliphatic heterocycles. The molecule has 0 radical (unpaired) electrons. The zero-order valence-electron chi connectivity index (χ0n) is 19.0. The van der Waals surface area contributed by atoms with Gasteiger partial charge in [0.25, 0.3) is 0 Å². The summed E-state index contributed by atoms with van der Waals surface area (Å²) in [7, 11) is 0. The molecule has 0 aliphatic carbocycles. The molecule has 0 N–H and O–H groups in total. The summed E-state index contributed by atoms with van der Waals surface area (Å²) in [5, 5.41) is 1.33. The lowest BCUT2D eigenvalue weighted by Crippen LogP contribution is -2.25. The normalized spacial score (nSPS) is 15.6. The number of likely N-dealkylation sites (tertiary alicyclic amines) is 1. The first-order valence-corrected chi connectivity index (χ1v) is 12.1. The molecule has 168 valence electrons. The van der Waals surface area contributed by atoms with Crippen LogP contribution in [-0.4, -0.2) is 42.3 Å². The Morgan fingerprint density at radius 3 is 2.52 bits per heavy atom. The average molecular weight is 439 g/mol. The van der Waals surface area contributed by atoms with Crippen molar-refractivity contribution in [1.29, 1.82) is 0 Å². The summed E-state index contributed by atoms with van der Waals surface area (Å²) in [4.78, 5) is 2.48. The molecule has 4 aromatic rings. The van der Waals surface area contributed by atoms with Crippen LogP contribution in [0.25, 0.3) is 22.2 Å². The van der Waals surface area contributed by atoms with Gasteiger partial charge in [0.1, 0.15) is 18.1 Å². The lowest BCUT2D eigenvalue weighted by molar-refractivity contribution is 0.238. The highest BCUT2D eigenvalue weighted by Gasteiger charge is 2.23. The van der Waals surface area contributed by atoms with Crippen molar-refractivity contribution in [3.8, 4) is 22.8 Å². The average Bonchev–Trinajstić information content (AvgIpc) is 3.42. The second-order valence-electron chi connectivity index (χ2n) is 9.07. The van der Waals surface area contributed by atoms with Crippen LogP contribution in [0.5, 0.6) is 11.5 Å². The number of benzene rings is 3. The fraction of sp³-hybridized carbons (Fsp3) is 0.310. The molecule has 1 fully saturated rings. The van der Waals surface area contributed by atoms with E-state index in [1.807, 2.05) is 0 Å². The smallest absolute Gasteiger partial charge is 0.128 e. The Labute approximate surface area is 195 Å². The van der Waals surface area contributed by atoms with Crippen LogP contribution in [0.15, 0.2) is 72.8 Å². The van der Waals surface area contributed by atoms with Crippen LogP contribution in [0.1, 0.15) is 24.0 Å². The van der Waals surface area contributed by atoms with Crippen LogP contribution in [-0.2, 0) is 13.0 Å². The third kappa shape index (κ3) is 4.00. The van der Waals surface area contributed by atoms with Gasteiger partial charge in [0.05, 0.1) is 12.3 Å². The molecule has 0 bridgehead atoms. The van der Waals surface area contributed by atoms with E-state index in [1.165, 1.54) is 59.2 Å². The van der Waals surface area contributed by atoms with Crippen molar-refractivity contribution in [3.63, 3.8) is 0 Å². The fourth-order valence-electron chi connectivity index (χ4n) is 5.32. The number of hydrogen-bond acceptors (Lipinski definition) is 3. The molecule has 6 rings (SSSR count). The highest BCUT2D eigenvalue weighted by Crippen LogP contribution is 2.41. The first-order valence-electron chi connectivity index (χ1n) is 12.1. The molecule has 3 aromatic carbocycles. The minimum absolute atomic E-state index is 0.710. The van der Waals surface area contributed by atoms with Crippen LogP contribution < -0.4 is 9.47 Å². The molecular weight excluding hydrogens is 408 g/mol. The first-order chi connectivity index (χ1) is 16.4. The zero-order valence-corrected chi connectivity index (χ0v) is 19.0. The predicted molar refractivity (Wildman–Crippen MR) is 133 cm³/mol. The maximum Gasteiger partial charge on any atom is 0.128 e. The molecule has 1 aromatic heterocycles. The van der Waals surface area contributed by atoms with E-state index in [1.54, 1.807) is 0 Å². The van der Waals surface area contributed by atoms with E-state index in [9.17, 15) is 0 Å². The van der Waals surface area contributed by atoms with E-state index in [0.717, 1.165) is 37.6 Å².